The summed E-state index contributed by atoms with van der Waals surface area (Å²) in [5.41, 5.74) is 0.758. The maximum atomic E-state index is 16.0. The van der Waals surface area contributed by atoms with Crippen molar-refractivity contribution in [2.45, 2.75) is 109 Å². The monoisotopic (exact) mass is 623 g/mol. The molecule has 238 valence electrons. The first-order chi connectivity index (χ1) is 19.2. The molecule has 3 unspecified atom stereocenters. The highest BCUT2D eigenvalue weighted by Gasteiger charge is 2.89. The molecule has 1 spiro atoms. The van der Waals surface area contributed by atoms with E-state index in [1.165, 1.54) is 26.1 Å². The van der Waals surface area contributed by atoms with Gasteiger partial charge in [0.2, 0.25) is 16.0 Å². The van der Waals surface area contributed by atoms with Gasteiger partial charge in [-0.05, 0) is 87.7 Å². The molecule has 1 saturated carbocycles. The van der Waals surface area contributed by atoms with Gasteiger partial charge in [0.1, 0.15) is 27.3 Å². The third-order valence-corrected chi connectivity index (χ3v) is 11.4. The zero-order chi connectivity index (χ0) is 32.9. The van der Waals surface area contributed by atoms with Crippen molar-refractivity contribution in [2.24, 2.45) is 22.6 Å². The van der Waals surface area contributed by atoms with Crippen LogP contribution in [0.15, 0.2) is 23.2 Å². The lowest BCUT2D eigenvalue weighted by Gasteiger charge is -2.43. The number of rotatable bonds is 4. The number of hydrogen-bond acceptors (Lipinski definition) is 10. The van der Waals surface area contributed by atoms with Gasteiger partial charge in [-0.2, -0.15) is 0 Å². The fourth-order valence-electron chi connectivity index (χ4n) is 5.94. The van der Waals surface area contributed by atoms with Crippen LogP contribution in [0.4, 0.5) is 4.39 Å². The number of carbonyl (C=O) groups excluding carboxylic acids is 2. The Morgan fingerprint density at radius 1 is 0.953 bits per heavy atom. The summed E-state index contributed by atoms with van der Waals surface area (Å²) < 4.78 is 66.9. The van der Waals surface area contributed by atoms with E-state index in [1.54, 1.807) is 41.5 Å². The lowest BCUT2D eigenvalue weighted by Crippen LogP contribution is -2.61. The van der Waals surface area contributed by atoms with E-state index in [0.717, 1.165) is 6.07 Å². The number of halogens is 1. The van der Waals surface area contributed by atoms with Crippen LogP contribution in [0.3, 0.4) is 0 Å². The molecule has 14 heteroatoms. The zero-order valence-electron chi connectivity index (χ0n) is 27.0. The van der Waals surface area contributed by atoms with Gasteiger partial charge in [-0.1, -0.05) is 12.1 Å². The average molecular weight is 624 g/mol. The van der Waals surface area contributed by atoms with E-state index >= 15 is 4.39 Å². The molecule has 2 fully saturated rings. The minimum Gasteiger partial charge on any atom is -0.460 e. The predicted molar refractivity (Wildman–Crippen MR) is 159 cm³/mol. The summed E-state index contributed by atoms with van der Waals surface area (Å²) >= 11 is 0. The topological polar surface area (TPSA) is 147 Å². The van der Waals surface area contributed by atoms with Crippen LogP contribution in [0.2, 0.25) is 0 Å². The van der Waals surface area contributed by atoms with E-state index in [1.807, 2.05) is 27.7 Å². The number of carbonyl (C=O) groups is 2. The molecule has 11 nitrogen and oxygen atoms in total. The highest BCUT2D eigenvalue weighted by molar-refractivity contribution is 7.91. The Hall–Kier alpha value is -2.71. The molecule has 1 aromatic rings. The van der Waals surface area contributed by atoms with Crippen LogP contribution in [0, 0.1) is 17.7 Å². The quantitative estimate of drug-likeness (QED) is 0.395. The number of hydrogen-bond donors (Lipinski definition) is 1. The van der Waals surface area contributed by atoms with Crippen LogP contribution in [-0.2, 0) is 43.9 Å². The minimum absolute atomic E-state index is 0.209. The van der Waals surface area contributed by atoms with Gasteiger partial charge in [0.25, 0.3) is 0 Å². The van der Waals surface area contributed by atoms with Crippen LogP contribution in [0.25, 0.3) is 0 Å². The van der Waals surface area contributed by atoms with Crippen molar-refractivity contribution in [2.75, 3.05) is 7.05 Å². The van der Waals surface area contributed by atoms with E-state index < -0.39 is 85.4 Å². The second kappa shape index (κ2) is 9.65. The number of nitrogens with two attached hydrogens (primary N) is 1. The van der Waals surface area contributed by atoms with Gasteiger partial charge >= 0.3 is 19.1 Å². The van der Waals surface area contributed by atoms with Crippen molar-refractivity contribution in [3.05, 3.63) is 29.6 Å². The van der Waals surface area contributed by atoms with Crippen LogP contribution in [0.5, 0.6) is 0 Å². The highest BCUT2D eigenvalue weighted by atomic mass is 32.2. The van der Waals surface area contributed by atoms with Crippen molar-refractivity contribution in [3.63, 3.8) is 0 Å². The van der Waals surface area contributed by atoms with Gasteiger partial charge < -0.3 is 24.5 Å². The standard InChI is InChI=1S/C29H43BFN3O8S/c1-24(2,3)39-21(35)19-20(22(36)40-25(4,5)6)29(19)28(11,33-23(32)34(12)43(29,37)38)17-15-16(13-14-18(17)31)30-41-26(7,8)27(9,10)42-30/h13-15,19-20H,1-12H3,(H2,32,33)/t19-,20?,28?,29?/m1/s1. The molecule has 2 N–H and O–H groups in total. The fraction of sp³-hybridized carbons (Fsp3) is 0.690. The van der Waals surface area contributed by atoms with Crippen molar-refractivity contribution in [1.82, 2.24) is 4.31 Å². The Labute approximate surface area is 253 Å². The molecule has 0 radical (unpaired) electrons. The highest BCUT2D eigenvalue weighted by Crippen LogP contribution is 2.69. The number of aliphatic imine (C=N–C) groups is 1. The molecule has 43 heavy (non-hydrogen) atoms. The van der Waals surface area contributed by atoms with Gasteiger partial charge in [-0.3, -0.25) is 9.59 Å². The maximum Gasteiger partial charge on any atom is 0.494 e. The van der Waals surface area contributed by atoms with Crippen molar-refractivity contribution in [3.8, 4) is 0 Å². The lowest BCUT2D eigenvalue weighted by atomic mass is 9.75. The summed E-state index contributed by atoms with van der Waals surface area (Å²) in [6, 6.07) is 4.02. The van der Waals surface area contributed by atoms with Crippen LogP contribution >= 0.6 is 0 Å². The molecule has 1 saturated heterocycles. The minimum atomic E-state index is -4.67. The van der Waals surface area contributed by atoms with Crippen LogP contribution in [0.1, 0.15) is 81.7 Å². The molecule has 0 bridgehead atoms. The number of ether oxygens (including phenoxy) is 2. The van der Waals surface area contributed by atoms with Crippen LogP contribution in [-0.4, -0.2) is 71.9 Å². The van der Waals surface area contributed by atoms with Gasteiger partial charge in [0.05, 0.1) is 23.0 Å². The fourth-order valence-corrected chi connectivity index (χ4v) is 8.38. The number of benzene rings is 1. The second-order valence-electron chi connectivity index (χ2n) is 14.7. The summed E-state index contributed by atoms with van der Waals surface area (Å²) in [5, 5.41) is 0. The molecule has 1 aliphatic carbocycles. The molecule has 3 aliphatic rings. The second-order valence-corrected chi connectivity index (χ2v) is 16.8. The third-order valence-electron chi connectivity index (χ3n) is 8.72. The van der Waals surface area contributed by atoms with E-state index in [2.05, 4.69) is 4.99 Å². The smallest absolute Gasteiger partial charge is 0.460 e. The molecule has 4 atom stereocenters. The summed E-state index contributed by atoms with van der Waals surface area (Å²) in [5.74, 6) is -6.34. The van der Waals surface area contributed by atoms with E-state index in [4.69, 9.17) is 24.5 Å². The molecular weight excluding hydrogens is 580 g/mol. The van der Waals surface area contributed by atoms with E-state index in [9.17, 15) is 18.0 Å². The molecule has 0 amide bonds. The van der Waals surface area contributed by atoms with Crippen molar-refractivity contribution < 1.29 is 41.2 Å². The Bertz CT molecular complexity index is 1450. The SMILES string of the molecule is CN1C(N)=NC(C)(c2cc(B3OC(C)(C)C(C)(C)O3)ccc2F)C2(C(C(=O)OC(C)(C)C)[C@@H]2C(=O)OC(C)(C)C)S1(=O)=O. The molecular formula is C29H43BFN3O8S. The predicted octanol–water partition coefficient (Wildman–Crippen LogP) is 2.60. The first-order valence-electron chi connectivity index (χ1n) is 14.2. The summed E-state index contributed by atoms with van der Waals surface area (Å²) in [7, 11) is -4.42. The van der Waals surface area contributed by atoms with Gasteiger partial charge in [0, 0.05) is 12.6 Å². The van der Waals surface area contributed by atoms with Crippen LogP contribution < -0.4 is 11.2 Å². The summed E-state index contributed by atoms with van der Waals surface area (Å²) in [4.78, 5) is 32.0. The van der Waals surface area contributed by atoms with Crippen molar-refractivity contribution in [1.29, 1.82) is 0 Å². The van der Waals surface area contributed by atoms with Crippen molar-refractivity contribution >= 4 is 40.5 Å². The molecule has 4 rings (SSSR count). The number of sulfonamides is 1. The largest absolute Gasteiger partial charge is 0.494 e. The Morgan fingerprint density at radius 3 is 1.81 bits per heavy atom. The Kier molecular flexibility index (Phi) is 7.45. The molecule has 2 heterocycles. The summed E-state index contributed by atoms with van der Waals surface area (Å²) in [6.45, 7) is 18.5. The third kappa shape index (κ3) is 5.02. The van der Waals surface area contributed by atoms with Gasteiger partial charge in [0.15, 0.2) is 0 Å². The maximum absolute atomic E-state index is 16.0. The molecule has 0 aromatic heterocycles. The number of nitrogens with zero attached hydrogens (tertiary/aromatic N) is 2. The van der Waals surface area contributed by atoms with Gasteiger partial charge in [-0.25, -0.2) is 22.1 Å². The number of esters is 2. The Morgan fingerprint density at radius 2 is 1.40 bits per heavy atom. The molecule has 1 aromatic carbocycles. The summed E-state index contributed by atoms with van der Waals surface area (Å²) in [6.07, 6.45) is 0. The first kappa shape index (κ1) is 33.2. The Balaban J connectivity index is 1.99. The average Bonchev–Trinajstić information content (AvgIpc) is 3.48. The first-order valence-corrected chi connectivity index (χ1v) is 15.6. The normalized spacial score (nSPS) is 31.0. The zero-order valence-corrected chi connectivity index (χ0v) is 27.8. The van der Waals surface area contributed by atoms with Gasteiger partial charge in [-0.15, -0.1) is 0 Å². The van der Waals surface area contributed by atoms with E-state index in [-0.39, 0.29) is 5.56 Å². The van der Waals surface area contributed by atoms with E-state index in [0.29, 0.717) is 9.77 Å². The molecule has 2 aliphatic heterocycles. The lowest BCUT2D eigenvalue weighted by molar-refractivity contribution is -0.163. The number of guanidine groups is 1.